The minimum absolute atomic E-state index is 0.0736. The van der Waals surface area contributed by atoms with Crippen molar-refractivity contribution in [1.29, 1.82) is 0 Å². The van der Waals surface area contributed by atoms with Crippen molar-refractivity contribution in [2.75, 3.05) is 36.4 Å². The molecule has 25 heavy (non-hydrogen) atoms. The fourth-order valence-electron chi connectivity index (χ4n) is 2.74. The van der Waals surface area contributed by atoms with Crippen LogP contribution in [0.4, 0.5) is 11.6 Å². The van der Waals surface area contributed by atoms with E-state index in [9.17, 15) is 4.79 Å². The van der Waals surface area contributed by atoms with Gasteiger partial charge in [0.2, 0.25) is 0 Å². The second kappa shape index (κ2) is 7.04. The molecule has 0 unspecified atom stereocenters. The summed E-state index contributed by atoms with van der Waals surface area (Å²) in [6, 6.07) is 9.40. The standard InChI is InChI=1S/C18H24N6O/c1-18(2,3)20-15-8-7-14(21-22-15)17(25)24-12-10-23(11-13-24)16-6-4-5-9-19-16/h4-9H,10-13H2,1-3H3,(H,20,22). The second-order valence-corrected chi connectivity index (χ2v) is 7.15. The topological polar surface area (TPSA) is 74.2 Å². The van der Waals surface area contributed by atoms with Crippen molar-refractivity contribution in [2.45, 2.75) is 26.3 Å². The molecule has 7 heteroatoms. The first-order valence-electron chi connectivity index (χ1n) is 8.49. The van der Waals surface area contributed by atoms with Gasteiger partial charge in [-0.2, -0.15) is 0 Å². The Morgan fingerprint density at radius 3 is 2.36 bits per heavy atom. The summed E-state index contributed by atoms with van der Waals surface area (Å²) < 4.78 is 0. The second-order valence-electron chi connectivity index (χ2n) is 7.15. The zero-order chi connectivity index (χ0) is 17.9. The number of hydrogen-bond donors (Lipinski definition) is 1. The molecule has 0 radical (unpaired) electrons. The zero-order valence-electron chi connectivity index (χ0n) is 14.9. The van der Waals surface area contributed by atoms with Crippen molar-refractivity contribution in [3.63, 3.8) is 0 Å². The number of carbonyl (C=O) groups excluding carboxylic acids is 1. The van der Waals surface area contributed by atoms with Crippen LogP contribution in [0.5, 0.6) is 0 Å². The van der Waals surface area contributed by atoms with Gasteiger partial charge in [-0.1, -0.05) is 6.07 Å². The Bertz CT molecular complexity index is 703. The number of amides is 1. The van der Waals surface area contributed by atoms with Crippen molar-refractivity contribution in [2.24, 2.45) is 0 Å². The van der Waals surface area contributed by atoms with E-state index in [4.69, 9.17) is 0 Å². The lowest BCUT2D eigenvalue weighted by molar-refractivity contribution is 0.0739. The summed E-state index contributed by atoms with van der Waals surface area (Å²) in [5, 5.41) is 11.4. The van der Waals surface area contributed by atoms with Gasteiger partial charge in [0, 0.05) is 37.9 Å². The normalized spacial score (nSPS) is 15.2. The molecule has 0 spiro atoms. The van der Waals surface area contributed by atoms with E-state index in [1.807, 2.05) is 23.1 Å². The maximum absolute atomic E-state index is 12.6. The summed E-state index contributed by atoms with van der Waals surface area (Å²) in [7, 11) is 0. The molecule has 0 saturated carbocycles. The summed E-state index contributed by atoms with van der Waals surface area (Å²) in [6.07, 6.45) is 1.79. The van der Waals surface area contributed by atoms with Gasteiger partial charge in [-0.25, -0.2) is 4.98 Å². The number of rotatable bonds is 3. The first-order valence-corrected chi connectivity index (χ1v) is 8.49. The molecule has 1 N–H and O–H groups in total. The molecular formula is C18H24N6O. The third-order valence-corrected chi connectivity index (χ3v) is 3.93. The van der Waals surface area contributed by atoms with Crippen molar-refractivity contribution >= 4 is 17.5 Å². The highest BCUT2D eigenvalue weighted by Crippen LogP contribution is 2.15. The molecule has 1 aliphatic heterocycles. The first kappa shape index (κ1) is 17.1. The van der Waals surface area contributed by atoms with Crippen molar-refractivity contribution in [3.05, 3.63) is 42.2 Å². The minimum Gasteiger partial charge on any atom is -0.364 e. The summed E-state index contributed by atoms with van der Waals surface area (Å²) >= 11 is 0. The monoisotopic (exact) mass is 340 g/mol. The third-order valence-electron chi connectivity index (χ3n) is 3.93. The number of pyridine rings is 1. The molecule has 132 valence electrons. The van der Waals surface area contributed by atoms with Crippen LogP contribution < -0.4 is 10.2 Å². The average molecular weight is 340 g/mol. The van der Waals surface area contributed by atoms with Crippen LogP contribution >= 0.6 is 0 Å². The van der Waals surface area contributed by atoms with Gasteiger partial charge < -0.3 is 15.1 Å². The highest BCUT2D eigenvalue weighted by Gasteiger charge is 2.24. The molecular weight excluding hydrogens is 316 g/mol. The Hall–Kier alpha value is -2.70. The Kier molecular flexibility index (Phi) is 4.83. The molecule has 1 saturated heterocycles. The fraction of sp³-hybridized carbons (Fsp3) is 0.444. The Morgan fingerprint density at radius 2 is 1.80 bits per heavy atom. The summed E-state index contributed by atoms with van der Waals surface area (Å²) in [5.74, 6) is 1.55. The van der Waals surface area contributed by atoms with Gasteiger partial charge in [-0.05, 0) is 45.0 Å². The molecule has 7 nitrogen and oxygen atoms in total. The van der Waals surface area contributed by atoms with E-state index in [1.54, 1.807) is 18.3 Å². The molecule has 1 amide bonds. The van der Waals surface area contributed by atoms with Crippen LogP contribution in [0.2, 0.25) is 0 Å². The maximum atomic E-state index is 12.6. The van der Waals surface area contributed by atoms with E-state index in [-0.39, 0.29) is 11.4 Å². The van der Waals surface area contributed by atoms with Gasteiger partial charge in [0.15, 0.2) is 5.69 Å². The van der Waals surface area contributed by atoms with E-state index >= 15 is 0 Å². The maximum Gasteiger partial charge on any atom is 0.274 e. The number of piperazine rings is 1. The minimum atomic E-state index is -0.0952. The molecule has 1 fully saturated rings. The van der Waals surface area contributed by atoms with E-state index in [1.165, 1.54) is 0 Å². The van der Waals surface area contributed by atoms with Crippen LogP contribution in [-0.4, -0.2) is 57.7 Å². The van der Waals surface area contributed by atoms with Crippen LogP contribution in [0.15, 0.2) is 36.5 Å². The molecule has 0 bridgehead atoms. The SMILES string of the molecule is CC(C)(C)Nc1ccc(C(=O)N2CCN(c3ccccn3)CC2)nn1. The van der Waals surface area contributed by atoms with E-state index < -0.39 is 0 Å². The quantitative estimate of drug-likeness (QED) is 0.922. The van der Waals surface area contributed by atoms with Crippen molar-refractivity contribution in [1.82, 2.24) is 20.1 Å². The predicted molar refractivity (Wildman–Crippen MR) is 97.8 cm³/mol. The highest BCUT2D eigenvalue weighted by molar-refractivity contribution is 5.92. The van der Waals surface area contributed by atoms with Crippen LogP contribution in [0.3, 0.4) is 0 Å². The van der Waals surface area contributed by atoms with Gasteiger partial charge in [-0.3, -0.25) is 4.79 Å². The zero-order valence-corrected chi connectivity index (χ0v) is 14.9. The largest absolute Gasteiger partial charge is 0.364 e. The molecule has 2 aromatic rings. The van der Waals surface area contributed by atoms with Crippen LogP contribution in [0.25, 0.3) is 0 Å². The van der Waals surface area contributed by atoms with E-state index in [0.717, 1.165) is 18.9 Å². The fourth-order valence-corrected chi connectivity index (χ4v) is 2.74. The summed E-state index contributed by atoms with van der Waals surface area (Å²) in [6.45, 7) is 8.98. The number of hydrogen-bond acceptors (Lipinski definition) is 6. The van der Waals surface area contributed by atoms with Gasteiger partial charge in [0.25, 0.3) is 5.91 Å². The molecule has 3 rings (SSSR count). The molecule has 0 atom stereocenters. The number of anilines is 2. The van der Waals surface area contributed by atoms with Gasteiger partial charge in [0.05, 0.1) is 0 Å². The molecule has 2 aromatic heterocycles. The van der Waals surface area contributed by atoms with Crippen molar-refractivity contribution in [3.8, 4) is 0 Å². The van der Waals surface area contributed by atoms with E-state index in [2.05, 4.69) is 46.2 Å². The highest BCUT2D eigenvalue weighted by atomic mass is 16.2. The molecule has 0 aromatic carbocycles. The van der Waals surface area contributed by atoms with Crippen LogP contribution in [-0.2, 0) is 0 Å². The Labute approximate surface area is 148 Å². The van der Waals surface area contributed by atoms with Gasteiger partial charge >= 0.3 is 0 Å². The lowest BCUT2D eigenvalue weighted by Crippen LogP contribution is -2.49. The van der Waals surface area contributed by atoms with Crippen LogP contribution in [0.1, 0.15) is 31.3 Å². The predicted octanol–water partition coefficient (Wildman–Crippen LogP) is 2.04. The van der Waals surface area contributed by atoms with Crippen molar-refractivity contribution < 1.29 is 4.79 Å². The molecule has 0 aliphatic carbocycles. The number of nitrogens with zero attached hydrogens (tertiary/aromatic N) is 5. The number of nitrogens with one attached hydrogen (secondary N) is 1. The lowest BCUT2D eigenvalue weighted by atomic mass is 10.1. The lowest BCUT2D eigenvalue weighted by Gasteiger charge is -2.35. The van der Waals surface area contributed by atoms with E-state index in [0.29, 0.717) is 24.6 Å². The molecule has 1 aliphatic rings. The van der Waals surface area contributed by atoms with Gasteiger partial charge in [-0.15, -0.1) is 10.2 Å². The Morgan fingerprint density at radius 1 is 1.04 bits per heavy atom. The molecule has 3 heterocycles. The van der Waals surface area contributed by atoms with Gasteiger partial charge in [0.1, 0.15) is 11.6 Å². The Balaban J connectivity index is 1.59. The first-order chi connectivity index (χ1) is 11.9. The van der Waals surface area contributed by atoms with Crippen LogP contribution in [0, 0.1) is 0 Å². The number of carbonyl (C=O) groups is 1. The summed E-state index contributed by atoms with van der Waals surface area (Å²) in [4.78, 5) is 21.0. The summed E-state index contributed by atoms with van der Waals surface area (Å²) in [5.41, 5.74) is 0.285. The smallest absolute Gasteiger partial charge is 0.274 e. The average Bonchev–Trinajstić information content (AvgIpc) is 2.61. The number of aromatic nitrogens is 3. The third kappa shape index (κ3) is 4.43.